The maximum absolute atomic E-state index is 5.16. The van der Waals surface area contributed by atoms with Gasteiger partial charge in [-0.1, -0.05) is 0 Å². The summed E-state index contributed by atoms with van der Waals surface area (Å²) in [5, 5.41) is 7.96. The van der Waals surface area contributed by atoms with E-state index in [-0.39, 0.29) is 24.0 Å². The Labute approximate surface area is 179 Å². The minimum Gasteiger partial charge on any atom is -0.383 e. The van der Waals surface area contributed by atoms with Gasteiger partial charge in [0.1, 0.15) is 0 Å². The summed E-state index contributed by atoms with van der Waals surface area (Å²) in [6, 6.07) is 0. The van der Waals surface area contributed by atoms with Crippen molar-refractivity contribution in [2.45, 2.75) is 33.1 Å². The number of hydrogen-bond donors (Lipinski definition) is 2. The number of nitrogens with zero attached hydrogens (tertiary/aromatic N) is 3. The molecule has 0 amide bonds. The molecule has 0 unspecified atom stereocenters. The molecule has 1 saturated heterocycles. The molecule has 8 heteroatoms. The van der Waals surface area contributed by atoms with Crippen molar-refractivity contribution in [2.75, 3.05) is 53.0 Å². The van der Waals surface area contributed by atoms with E-state index >= 15 is 0 Å². The van der Waals surface area contributed by atoms with Crippen LogP contribution < -0.4 is 10.6 Å². The van der Waals surface area contributed by atoms with Crippen LogP contribution in [0.25, 0.3) is 0 Å². The summed E-state index contributed by atoms with van der Waals surface area (Å²) < 4.78 is 5.16. The quantitative estimate of drug-likeness (QED) is 0.313. The predicted octanol–water partition coefficient (Wildman–Crippen LogP) is 2.53. The van der Waals surface area contributed by atoms with Gasteiger partial charge in [0.15, 0.2) is 5.96 Å². The molecule has 2 heterocycles. The molecule has 1 aromatic heterocycles. The molecule has 0 saturated carbocycles. The van der Waals surface area contributed by atoms with Gasteiger partial charge in [0.2, 0.25) is 0 Å². The number of guanidine groups is 1. The fraction of sp³-hybridized carbons (Fsp3) is 0.778. The standard InChI is InChI=1S/C18H33N5OS.HI/c1-4-19-18(20-8-5-17-21-13-15(2)25-17)22-14-16-6-9-23(10-7-16)11-12-24-3;/h13,16H,4-12,14H2,1-3H3,(H2,19,20,22);1H. The zero-order valence-electron chi connectivity index (χ0n) is 16.3. The summed E-state index contributed by atoms with van der Waals surface area (Å²) >= 11 is 1.77. The Kier molecular flexibility index (Phi) is 12.4. The first-order chi connectivity index (χ1) is 12.2. The van der Waals surface area contributed by atoms with E-state index in [1.165, 1.54) is 22.7 Å². The first-order valence-electron chi connectivity index (χ1n) is 9.36. The van der Waals surface area contributed by atoms with E-state index in [0.717, 1.165) is 58.3 Å². The Morgan fingerprint density at radius 1 is 1.38 bits per heavy atom. The van der Waals surface area contributed by atoms with Crippen LogP contribution in [0.4, 0.5) is 0 Å². The van der Waals surface area contributed by atoms with Gasteiger partial charge in [0.05, 0.1) is 11.6 Å². The molecule has 0 aromatic carbocycles. The van der Waals surface area contributed by atoms with Crippen LogP contribution in [0.15, 0.2) is 11.2 Å². The molecule has 6 nitrogen and oxygen atoms in total. The number of methoxy groups -OCH3 is 1. The number of rotatable bonds is 9. The van der Waals surface area contributed by atoms with Gasteiger partial charge < -0.3 is 20.3 Å². The molecular weight excluding hydrogens is 461 g/mol. The predicted molar refractivity (Wildman–Crippen MR) is 121 cm³/mol. The monoisotopic (exact) mass is 495 g/mol. The molecule has 0 aliphatic carbocycles. The van der Waals surface area contributed by atoms with Crippen molar-refractivity contribution in [1.82, 2.24) is 20.5 Å². The Morgan fingerprint density at radius 3 is 2.77 bits per heavy atom. The fourth-order valence-electron chi connectivity index (χ4n) is 2.98. The summed E-state index contributed by atoms with van der Waals surface area (Å²) in [6.07, 6.45) is 5.34. The second-order valence-corrected chi connectivity index (χ2v) is 7.86. The SMILES string of the molecule is CCNC(=NCC1CCN(CCOC)CC1)NCCc1ncc(C)s1.I. The molecule has 2 N–H and O–H groups in total. The number of nitrogens with one attached hydrogen (secondary N) is 2. The Bertz CT molecular complexity index is 517. The van der Waals surface area contributed by atoms with Crippen LogP contribution >= 0.6 is 35.3 Å². The molecule has 150 valence electrons. The second-order valence-electron chi connectivity index (χ2n) is 6.54. The van der Waals surface area contributed by atoms with Crippen LogP contribution in [-0.4, -0.2) is 68.8 Å². The third-order valence-electron chi connectivity index (χ3n) is 4.47. The Balaban J connectivity index is 0.00000338. The van der Waals surface area contributed by atoms with Crippen LogP contribution in [-0.2, 0) is 11.2 Å². The molecule has 0 spiro atoms. The van der Waals surface area contributed by atoms with Crippen molar-refractivity contribution in [3.63, 3.8) is 0 Å². The van der Waals surface area contributed by atoms with Crippen molar-refractivity contribution in [1.29, 1.82) is 0 Å². The van der Waals surface area contributed by atoms with Crippen LogP contribution in [0.2, 0.25) is 0 Å². The first-order valence-corrected chi connectivity index (χ1v) is 10.2. The lowest BCUT2D eigenvalue weighted by Gasteiger charge is -2.31. The molecule has 1 aliphatic rings. The first kappa shape index (κ1) is 23.6. The maximum Gasteiger partial charge on any atom is 0.191 e. The summed E-state index contributed by atoms with van der Waals surface area (Å²) in [4.78, 5) is 13.0. The Hall–Kier alpha value is -0.450. The molecule has 1 aliphatic heterocycles. The fourth-order valence-corrected chi connectivity index (χ4v) is 3.77. The van der Waals surface area contributed by atoms with E-state index in [2.05, 4.69) is 34.4 Å². The summed E-state index contributed by atoms with van der Waals surface area (Å²) in [5.41, 5.74) is 0. The number of piperidine rings is 1. The Morgan fingerprint density at radius 2 is 2.15 bits per heavy atom. The lowest BCUT2D eigenvalue weighted by Crippen LogP contribution is -2.40. The third-order valence-corrected chi connectivity index (χ3v) is 5.44. The van der Waals surface area contributed by atoms with Crippen molar-refractivity contribution < 1.29 is 4.74 Å². The zero-order chi connectivity index (χ0) is 17.9. The van der Waals surface area contributed by atoms with Gasteiger partial charge in [-0.3, -0.25) is 4.99 Å². The van der Waals surface area contributed by atoms with E-state index in [9.17, 15) is 0 Å². The van der Waals surface area contributed by atoms with Crippen LogP contribution in [0, 0.1) is 12.8 Å². The van der Waals surface area contributed by atoms with Gasteiger partial charge in [-0.15, -0.1) is 35.3 Å². The normalized spacial score (nSPS) is 16.3. The molecule has 0 radical (unpaired) electrons. The van der Waals surface area contributed by atoms with E-state index in [0.29, 0.717) is 5.92 Å². The number of aromatic nitrogens is 1. The minimum atomic E-state index is 0. The largest absolute Gasteiger partial charge is 0.383 e. The van der Waals surface area contributed by atoms with Crippen molar-refractivity contribution in [3.8, 4) is 0 Å². The summed E-state index contributed by atoms with van der Waals surface area (Å²) in [5.74, 6) is 1.62. The van der Waals surface area contributed by atoms with Crippen molar-refractivity contribution >= 4 is 41.3 Å². The molecule has 1 aromatic rings. The van der Waals surface area contributed by atoms with E-state index < -0.39 is 0 Å². The number of thiazole rings is 1. The average molecular weight is 495 g/mol. The van der Waals surface area contributed by atoms with Crippen LogP contribution in [0.1, 0.15) is 29.7 Å². The molecule has 0 bridgehead atoms. The molecule has 2 rings (SSSR count). The lowest BCUT2D eigenvalue weighted by atomic mass is 9.97. The zero-order valence-corrected chi connectivity index (χ0v) is 19.4. The van der Waals surface area contributed by atoms with Gasteiger partial charge >= 0.3 is 0 Å². The number of halogens is 1. The highest BCUT2D eigenvalue weighted by Crippen LogP contribution is 2.17. The molecule has 0 atom stereocenters. The minimum absolute atomic E-state index is 0. The number of hydrogen-bond acceptors (Lipinski definition) is 5. The molecule has 1 fully saturated rings. The topological polar surface area (TPSA) is 61.8 Å². The number of aliphatic imine (C=N–C) groups is 1. The second kappa shape index (κ2) is 13.7. The van der Waals surface area contributed by atoms with Crippen molar-refractivity contribution in [3.05, 3.63) is 16.1 Å². The van der Waals surface area contributed by atoms with Gasteiger partial charge in [0.25, 0.3) is 0 Å². The van der Waals surface area contributed by atoms with Gasteiger partial charge in [-0.2, -0.15) is 0 Å². The summed E-state index contributed by atoms with van der Waals surface area (Å²) in [6.45, 7) is 11.1. The van der Waals surface area contributed by atoms with Gasteiger partial charge in [-0.05, 0) is 45.7 Å². The number of aryl methyl sites for hydroxylation is 1. The highest BCUT2D eigenvalue weighted by Gasteiger charge is 2.18. The van der Waals surface area contributed by atoms with Crippen LogP contribution in [0.5, 0.6) is 0 Å². The van der Waals surface area contributed by atoms with Crippen molar-refractivity contribution in [2.24, 2.45) is 10.9 Å². The highest BCUT2D eigenvalue weighted by molar-refractivity contribution is 14.0. The average Bonchev–Trinajstić information content (AvgIpc) is 3.04. The number of ether oxygens (including phenoxy) is 1. The highest BCUT2D eigenvalue weighted by atomic mass is 127. The summed E-state index contributed by atoms with van der Waals surface area (Å²) in [7, 11) is 1.77. The lowest BCUT2D eigenvalue weighted by molar-refractivity contribution is 0.121. The molecular formula is C18H34IN5OS. The van der Waals surface area contributed by atoms with E-state index in [1.54, 1.807) is 18.4 Å². The maximum atomic E-state index is 5.16. The van der Waals surface area contributed by atoms with Gasteiger partial charge in [-0.25, -0.2) is 4.98 Å². The van der Waals surface area contributed by atoms with Gasteiger partial charge in [0, 0.05) is 50.8 Å². The van der Waals surface area contributed by atoms with Crippen LogP contribution in [0.3, 0.4) is 0 Å². The smallest absolute Gasteiger partial charge is 0.191 e. The van der Waals surface area contributed by atoms with E-state index in [4.69, 9.17) is 9.73 Å². The van der Waals surface area contributed by atoms with E-state index in [1.807, 2.05) is 6.20 Å². The number of likely N-dealkylation sites (tertiary alicyclic amines) is 1. The molecule has 26 heavy (non-hydrogen) atoms. The third kappa shape index (κ3) is 8.96.